The summed E-state index contributed by atoms with van der Waals surface area (Å²) in [7, 11) is 0. The maximum absolute atomic E-state index is 12.8. The van der Waals surface area contributed by atoms with Crippen molar-refractivity contribution in [1.29, 1.82) is 0 Å². The second-order valence-corrected chi connectivity index (χ2v) is 4.33. The third-order valence-electron chi connectivity index (χ3n) is 2.49. The van der Waals surface area contributed by atoms with E-state index in [9.17, 15) is 22.8 Å². The Morgan fingerprint density at radius 2 is 1.90 bits per heavy atom. The van der Waals surface area contributed by atoms with Crippen LogP contribution >= 0.6 is 11.6 Å². The Bertz CT molecular complexity index is 697. The van der Waals surface area contributed by atoms with Crippen molar-refractivity contribution in [1.82, 2.24) is 15.3 Å². The molecule has 0 aliphatic heterocycles. The zero-order chi connectivity index (χ0) is 15.6. The van der Waals surface area contributed by atoms with Crippen LogP contribution in [0, 0.1) is 0 Å². The topological polar surface area (TPSA) is 74.8 Å². The molecule has 2 rings (SSSR count). The summed E-state index contributed by atoms with van der Waals surface area (Å²) in [4.78, 5) is 29.4. The van der Waals surface area contributed by atoms with Gasteiger partial charge in [-0.25, -0.2) is 0 Å². The molecule has 2 N–H and O–H groups in total. The van der Waals surface area contributed by atoms with E-state index >= 15 is 0 Å². The molecule has 0 unspecified atom stereocenters. The van der Waals surface area contributed by atoms with Crippen molar-refractivity contribution in [3.8, 4) is 0 Å². The summed E-state index contributed by atoms with van der Waals surface area (Å²) in [6.07, 6.45) is -3.08. The number of halogens is 4. The van der Waals surface area contributed by atoms with Gasteiger partial charge >= 0.3 is 6.18 Å². The van der Waals surface area contributed by atoms with E-state index in [-0.39, 0.29) is 10.8 Å². The third kappa shape index (κ3) is 3.40. The normalized spacial score (nSPS) is 11.2. The minimum atomic E-state index is -4.73. The molecule has 0 saturated carbocycles. The minimum absolute atomic E-state index is 0.0502. The van der Waals surface area contributed by atoms with Crippen LogP contribution in [0.2, 0.25) is 5.15 Å². The van der Waals surface area contributed by atoms with Gasteiger partial charge in [-0.15, -0.1) is 0 Å². The lowest BCUT2D eigenvalue weighted by atomic mass is 10.1. The minimum Gasteiger partial charge on any atom is -0.342 e. The first kappa shape index (κ1) is 15.0. The van der Waals surface area contributed by atoms with Gasteiger partial charge in [0.25, 0.3) is 11.8 Å². The molecule has 2 aromatic rings. The highest BCUT2D eigenvalue weighted by atomic mass is 35.5. The summed E-state index contributed by atoms with van der Waals surface area (Å²) in [6, 6.07) is 3.32. The zero-order valence-corrected chi connectivity index (χ0v) is 10.9. The fourth-order valence-electron chi connectivity index (χ4n) is 1.56. The first-order chi connectivity index (χ1) is 9.79. The van der Waals surface area contributed by atoms with Crippen molar-refractivity contribution < 1.29 is 22.8 Å². The van der Waals surface area contributed by atoms with Crippen molar-refractivity contribution in [3.05, 3.63) is 52.6 Å². The Balaban J connectivity index is 2.24. The van der Waals surface area contributed by atoms with Crippen LogP contribution in [0.25, 0.3) is 0 Å². The van der Waals surface area contributed by atoms with Crippen molar-refractivity contribution in [2.45, 2.75) is 6.18 Å². The van der Waals surface area contributed by atoms with Crippen LogP contribution in [0.4, 0.5) is 13.2 Å². The predicted molar refractivity (Wildman–Crippen MR) is 66.8 cm³/mol. The highest BCUT2D eigenvalue weighted by molar-refractivity contribution is 6.29. The Hall–Kier alpha value is -2.35. The zero-order valence-electron chi connectivity index (χ0n) is 10.2. The van der Waals surface area contributed by atoms with Gasteiger partial charge in [0, 0.05) is 12.4 Å². The molecule has 0 fully saturated rings. The number of carbonyl (C=O) groups is 2. The second kappa shape index (κ2) is 5.57. The molecule has 0 spiro atoms. The number of hydrogen-bond acceptors (Lipinski definition) is 3. The molecule has 2 heterocycles. The third-order valence-corrected chi connectivity index (χ3v) is 2.71. The Labute approximate surface area is 121 Å². The molecule has 0 aliphatic carbocycles. The van der Waals surface area contributed by atoms with Crippen LogP contribution in [0.1, 0.15) is 26.4 Å². The van der Waals surface area contributed by atoms with Crippen LogP contribution in [-0.2, 0) is 6.18 Å². The Morgan fingerprint density at radius 3 is 2.48 bits per heavy atom. The fraction of sp³-hybridized carbons (Fsp3) is 0.0833. The molecule has 5 nitrogen and oxygen atoms in total. The first-order valence-electron chi connectivity index (χ1n) is 5.50. The summed E-state index contributed by atoms with van der Waals surface area (Å²) in [6.45, 7) is 0. The molecule has 0 atom stereocenters. The maximum Gasteiger partial charge on any atom is 0.417 e. The van der Waals surface area contributed by atoms with E-state index in [1.165, 1.54) is 12.1 Å². The van der Waals surface area contributed by atoms with Gasteiger partial charge in [-0.2, -0.15) is 13.2 Å². The average Bonchev–Trinajstić information content (AvgIpc) is 2.84. The van der Waals surface area contributed by atoms with Crippen molar-refractivity contribution >= 4 is 23.4 Å². The molecule has 0 radical (unpaired) electrons. The number of aromatic nitrogens is 2. The molecule has 2 amide bonds. The molecular formula is C12H7ClF3N3O2. The van der Waals surface area contributed by atoms with Crippen molar-refractivity contribution in [3.63, 3.8) is 0 Å². The smallest absolute Gasteiger partial charge is 0.342 e. The lowest BCUT2D eigenvalue weighted by Gasteiger charge is -2.11. The first-order valence-corrected chi connectivity index (χ1v) is 5.88. The summed E-state index contributed by atoms with van der Waals surface area (Å²) < 4.78 is 38.3. The van der Waals surface area contributed by atoms with E-state index in [0.29, 0.717) is 6.07 Å². The van der Waals surface area contributed by atoms with Gasteiger partial charge in [0.2, 0.25) is 0 Å². The predicted octanol–water partition coefficient (Wildman–Crippen LogP) is 2.65. The van der Waals surface area contributed by atoms with Crippen LogP contribution in [-0.4, -0.2) is 21.8 Å². The number of rotatable bonds is 2. The number of alkyl halides is 3. The number of imide groups is 1. The molecule has 0 saturated heterocycles. The van der Waals surface area contributed by atoms with Gasteiger partial charge < -0.3 is 4.98 Å². The van der Waals surface area contributed by atoms with E-state index in [1.807, 2.05) is 5.32 Å². The Kier molecular flexibility index (Phi) is 3.99. The monoisotopic (exact) mass is 317 g/mol. The quantitative estimate of drug-likeness (QED) is 0.836. The number of nitrogens with zero attached hydrogens (tertiary/aromatic N) is 1. The summed E-state index contributed by atoms with van der Waals surface area (Å²) in [5.74, 6) is -2.10. The van der Waals surface area contributed by atoms with Crippen LogP contribution in [0.15, 0.2) is 30.6 Å². The van der Waals surface area contributed by atoms with Gasteiger partial charge in [-0.3, -0.25) is 19.9 Å². The van der Waals surface area contributed by atoms with E-state index in [1.54, 1.807) is 0 Å². The molecule has 0 bridgehead atoms. The van der Waals surface area contributed by atoms with E-state index in [4.69, 9.17) is 11.6 Å². The highest BCUT2D eigenvalue weighted by Crippen LogP contribution is 2.31. The summed E-state index contributed by atoms with van der Waals surface area (Å²) >= 11 is 5.56. The molecule has 0 aromatic carbocycles. The molecular weight excluding hydrogens is 311 g/mol. The van der Waals surface area contributed by atoms with Gasteiger partial charge in [-0.1, -0.05) is 11.6 Å². The number of nitrogens with one attached hydrogen (secondary N) is 2. The average molecular weight is 318 g/mol. The fourth-order valence-corrected chi connectivity index (χ4v) is 1.73. The van der Waals surface area contributed by atoms with E-state index < -0.39 is 29.1 Å². The largest absolute Gasteiger partial charge is 0.417 e. The lowest BCUT2D eigenvalue weighted by Crippen LogP contribution is -2.32. The van der Waals surface area contributed by atoms with Crippen LogP contribution in [0.5, 0.6) is 0 Å². The van der Waals surface area contributed by atoms with E-state index in [2.05, 4.69) is 9.97 Å². The van der Waals surface area contributed by atoms with Gasteiger partial charge in [0.05, 0.1) is 11.1 Å². The van der Waals surface area contributed by atoms with Crippen molar-refractivity contribution in [2.24, 2.45) is 0 Å². The van der Waals surface area contributed by atoms with E-state index in [0.717, 1.165) is 12.4 Å². The highest BCUT2D eigenvalue weighted by Gasteiger charge is 2.35. The summed E-state index contributed by atoms with van der Waals surface area (Å²) in [5.41, 5.74) is -1.96. The molecule has 9 heteroatoms. The summed E-state index contributed by atoms with van der Waals surface area (Å²) in [5, 5.41) is 1.99. The number of amides is 2. The number of carbonyl (C=O) groups excluding carboxylic acids is 2. The molecule has 2 aromatic heterocycles. The van der Waals surface area contributed by atoms with Gasteiger partial charge in [0.1, 0.15) is 10.8 Å². The number of aromatic amines is 1. The Morgan fingerprint density at radius 1 is 1.19 bits per heavy atom. The SMILES string of the molecule is O=C(NC(=O)c1cnccc1C(F)(F)F)c1ccc(Cl)[nH]1. The van der Waals surface area contributed by atoms with Gasteiger partial charge in [0.15, 0.2) is 0 Å². The standard InChI is InChI=1S/C12H7ClF3N3O2/c13-9-2-1-8(18-9)11(21)19-10(20)6-5-17-4-3-7(6)12(14,15)16/h1-5,18H,(H,19,20,21). The lowest BCUT2D eigenvalue weighted by molar-refractivity contribution is -0.138. The second-order valence-electron chi connectivity index (χ2n) is 3.92. The number of pyridine rings is 1. The number of hydrogen-bond donors (Lipinski definition) is 2. The molecule has 21 heavy (non-hydrogen) atoms. The molecule has 0 aliphatic rings. The van der Waals surface area contributed by atoms with Crippen molar-refractivity contribution in [2.75, 3.05) is 0 Å². The number of H-pyrrole nitrogens is 1. The van der Waals surface area contributed by atoms with Gasteiger partial charge in [-0.05, 0) is 18.2 Å². The molecule has 110 valence electrons. The maximum atomic E-state index is 12.8. The van der Waals surface area contributed by atoms with Crippen LogP contribution in [0.3, 0.4) is 0 Å². The van der Waals surface area contributed by atoms with Crippen LogP contribution < -0.4 is 5.32 Å².